The quantitative estimate of drug-likeness (QED) is 0.155. The van der Waals surface area contributed by atoms with Crippen LogP contribution in [0, 0.1) is 10.1 Å². The van der Waals surface area contributed by atoms with Crippen LogP contribution in [0.3, 0.4) is 0 Å². The predicted molar refractivity (Wildman–Crippen MR) is 135 cm³/mol. The molecule has 0 saturated carbocycles. The molecule has 0 unspecified atom stereocenters. The first kappa shape index (κ1) is 27.5. The van der Waals surface area contributed by atoms with E-state index in [4.69, 9.17) is 9.47 Å². The van der Waals surface area contributed by atoms with E-state index >= 15 is 0 Å². The zero-order valence-electron chi connectivity index (χ0n) is 20.4. The largest absolute Gasteiger partial charge is 0.465 e. The Morgan fingerprint density at radius 3 is 1.97 bits per heavy atom. The molecule has 0 aliphatic heterocycles. The number of non-ortho nitro benzene ring substituents is 1. The molecule has 38 heavy (non-hydrogen) atoms. The zero-order chi connectivity index (χ0) is 27.5. The number of carbonyl (C=O) groups is 4. The van der Waals surface area contributed by atoms with E-state index in [1.165, 1.54) is 55.6 Å². The number of ketones is 1. The fourth-order valence-corrected chi connectivity index (χ4v) is 3.21. The van der Waals surface area contributed by atoms with Gasteiger partial charge in [0.2, 0.25) is 5.91 Å². The van der Waals surface area contributed by atoms with Gasteiger partial charge in [-0.25, -0.2) is 4.79 Å². The van der Waals surface area contributed by atoms with Crippen LogP contribution < -0.4 is 10.1 Å². The van der Waals surface area contributed by atoms with E-state index in [1.807, 2.05) is 0 Å². The van der Waals surface area contributed by atoms with Crippen LogP contribution in [-0.4, -0.2) is 42.3 Å². The highest BCUT2D eigenvalue weighted by Gasteiger charge is 2.12. The van der Waals surface area contributed by atoms with Gasteiger partial charge in [0.15, 0.2) is 12.4 Å². The van der Waals surface area contributed by atoms with Crippen molar-refractivity contribution in [2.75, 3.05) is 19.0 Å². The van der Waals surface area contributed by atoms with E-state index in [0.717, 1.165) is 0 Å². The normalized spacial score (nSPS) is 10.2. The summed E-state index contributed by atoms with van der Waals surface area (Å²) in [4.78, 5) is 58.0. The molecule has 3 aromatic carbocycles. The van der Waals surface area contributed by atoms with Gasteiger partial charge in [-0.05, 0) is 67.1 Å². The standard InChI is InChI=1S/C27H24N2O9/c1-36-27(33)19-5-9-20(10-6-19)28-25(31)3-2-4-26(32)37-17-24(30)18-7-13-22(14-8-18)38-23-15-11-21(12-16-23)29(34)35/h5-16H,2-4,17H2,1H3,(H,28,31). The topological polar surface area (TPSA) is 151 Å². The van der Waals surface area contributed by atoms with Gasteiger partial charge in [-0.3, -0.25) is 24.5 Å². The molecule has 0 spiro atoms. The van der Waals surface area contributed by atoms with E-state index in [2.05, 4.69) is 10.1 Å². The number of methoxy groups -OCH3 is 1. The third-order valence-electron chi connectivity index (χ3n) is 5.20. The van der Waals surface area contributed by atoms with Gasteiger partial charge in [0.1, 0.15) is 11.5 Å². The summed E-state index contributed by atoms with van der Waals surface area (Å²) in [7, 11) is 1.28. The molecule has 196 valence electrons. The lowest BCUT2D eigenvalue weighted by atomic mass is 10.1. The molecular formula is C27H24N2O9. The molecule has 3 aromatic rings. The molecule has 0 heterocycles. The van der Waals surface area contributed by atoms with Gasteiger partial charge in [-0.15, -0.1) is 0 Å². The van der Waals surface area contributed by atoms with Crippen LogP contribution in [0.4, 0.5) is 11.4 Å². The summed E-state index contributed by atoms with van der Waals surface area (Å²) in [5.41, 5.74) is 1.11. The molecule has 1 amide bonds. The van der Waals surface area contributed by atoms with Crippen molar-refractivity contribution in [3.05, 3.63) is 94.0 Å². The van der Waals surface area contributed by atoms with Gasteiger partial charge in [-0.2, -0.15) is 0 Å². The van der Waals surface area contributed by atoms with Gasteiger partial charge >= 0.3 is 11.9 Å². The van der Waals surface area contributed by atoms with Crippen molar-refractivity contribution in [2.45, 2.75) is 19.3 Å². The average molecular weight is 520 g/mol. The molecule has 3 rings (SSSR count). The van der Waals surface area contributed by atoms with Gasteiger partial charge in [0.25, 0.3) is 5.69 Å². The number of rotatable bonds is 12. The van der Waals surface area contributed by atoms with Gasteiger partial charge in [-0.1, -0.05) is 0 Å². The van der Waals surface area contributed by atoms with Gasteiger partial charge in [0.05, 0.1) is 17.6 Å². The number of ether oxygens (including phenoxy) is 3. The maximum Gasteiger partial charge on any atom is 0.337 e. The number of benzene rings is 3. The molecule has 11 nitrogen and oxygen atoms in total. The monoisotopic (exact) mass is 520 g/mol. The Hall–Kier alpha value is -5.06. The second-order valence-corrected chi connectivity index (χ2v) is 7.93. The Morgan fingerprint density at radius 1 is 0.816 bits per heavy atom. The number of hydrogen-bond donors (Lipinski definition) is 1. The minimum absolute atomic E-state index is 0.0377. The first-order chi connectivity index (χ1) is 18.2. The second kappa shape index (κ2) is 13.3. The molecule has 0 bridgehead atoms. The number of nitrogens with zero attached hydrogens (tertiary/aromatic N) is 1. The van der Waals surface area contributed by atoms with Crippen LogP contribution in [0.15, 0.2) is 72.8 Å². The Bertz CT molecular complexity index is 1300. The molecule has 0 atom stereocenters. The summed E-state index contributed by atoms with van der Waals surface area (Å²) < 4.78 is 15.2. The lowest BCUT2D eigenvalue weighted by Gasteiger charge is -2.08. The van der Waals surface area contributed by atoms with E-state index in [-0.39, 0.29) is 30.9 Å². The first-order valence-corrected chi connectivity index (χ1v) is 11.4. The van der Waals surface area contributed by atoms with Crippen LogP contribution in [0.5, 0.6) is 11.5 Å². The number of hydrogen-bond acceptors (Lipinski definition) is 9. The Morgan fingerprint density at radius 2 is 1.39 bits per heavy atom. The third-order valence-corrected chi connectivity index (χ3v) is 5.20. The predicted octanol–water partition coefficient (Wildman–Crippen LogP) is 4.71. The average Bonchev–Trinajstić information content (AvgIpc) is 2.92. The van der Waals surface area contributed by atoms with E-state index < -0.39 is 29.3 Å². The van der Waals surface area contributed by atoms with Crippen molar-refractivity contribution in [1.29, 1.82) is 0 Å². The van der Waals surface area contributed by atoms with Crippen LogP contribution >= 0.6 is 0 Å². The van der Waals surface area contributed by atoms with E-state index in [1.54, 1.807) is 24.3 Å². The fourth-order valence-electron chi connectivity index (χ4n) is 3.21. The Labute approximate surface area is 217 Å². The number of amides is 1. The number of anilines is 1. The lowest BCUT2D eigenvalue weighted by molar-refractivity contribution is -0.384. The molecular weight excluding hydrogens is 496 g/mol. The van der Waals surface area contributed by atoms with Crippen molar-refractivity contribution in [1.82, 2.24) is 0 Å². The van der Waals surface area contributed by atoms with Crippen molar-refractivity contribution >= 4 is 35.0 Å². The van der Waals surface area contributed by atoms with Crippen LogP contribution in [-0.2, 0) is 19.1 Å². The third kappa shape index (κ3) is 8.26. The van der Waals surface area contributed by atoms with Crippen LogP contribution in [0.1, 0.15) is 40.0 Å². The second-order valence-electron chi connectivity index (χ2n) is 7.93. The van der Waals surface area contributed by atoms with Crippen LogP contribution in [0.25, 0.3) is 0 Å². The van der Waals surface area contributed by atoms with Crippen molar-refractivity contribution in [2.24, 2.45) is 0 Å². The van der Waals surface area contributed by atoms with Crippen LogP contribution in [0.2, 0.25) is 0 Å². The van der Waals surface area contributed by atoms with Crippen molar-refractivity contribution in [3.63, 3.8) is 0 Å². The Kier molecular flexibility index (Phi) is 9.64. The molecule has 0 fully saturated rings. The lowest BCUT2D eigenvalue weighted by Crippen LogP contribution is -2.15. The molecule has 0 aliphatic carbocycles. The molecule has 11 heteroatoms. The number of nitro benzene ring substituents is 1. The molecule has 0 aromatic heterocycles. The molecule has 0 saturated heterocycles. The minimum atomic E-state index is -0.605. The van der Waals surface area contributed by atoms with Crippen molar-refractivity contribution in [3.8, 4) is 11.5 Å². The maximum absolute atomic E-state index is 12.3. The highest BCUT2D eigenvalue weighted by atomic mass is 16.6. The zero-order valence-corrected chi connectivity index (χ0v) is 20.4. The minimum Gasteiger partial charge on any atom is -0.465 e. The molecule has 0 radical (unpaired) electrons. The SMILES string of the molecule is COC(=O)c1ccc(NC(=O)CCCC(=O)OCC(=O)c2ccc(Oc3ccc([N+](=O)[O-])cc3)cc2)cc1. The summed E-state index contributed by atoms with van der Waals surface area (Å²) in [5.74, 6) is -0.986. The summed E-state index contributed by atoms with van der Waals surface area (Å²) >= 11 is 0. The highest BCUT2D eigenvalue weighted by Crippen LogP contribution is 2.24. The summed E-state index contributed by atoms with van der Waals surface area (Å²) in [6.45, 7) is -0.444. The van der Waals surface area contributed by atoms with E-state index in [9.17, 15) is 29.3 Å². The Balaban J connectivity index is 1.36. The number of esters is 2. The molecule has 1 N–H and O–H groups in total. The van der Waals surface area contributed by atoms with Crippen molar-refractivity contribution < 1.29 is 38.3 Å². The van der Waals surface area contributed by atoms with Gasteiger partial charge in [0, 0.05) is 36.2 Å². The smallest absolute Gasteiger partial charge is 0.337 e. The summed E-state index contributed by atoms with van der Waals surface area (Å²) in [6, 6.07) is 17.9. The first-order valence-electron chi connectivity index (χ1n) is 11.4. The van der Waals surface area contributed by atoms with Gasteiger partial charge < -0.3 is 19.5 Å². The maximum atomic E-state index is 12.3. The summed E-state index contributed by atoms with van der Waals surface area (Å²) in [5, 5.41) is 13.4. The molecule has 0 aliphatic rings. The number of nitro groups is 1. The number of Topliss-reactive ketones (excluding diaryl/α,β-unsaturated/α-hetero) is 1. The van der Waals surface area contributed by atoms with E-state index in [0.29, 0.717) is 28.3 Å². The summed E-state index contributed by atoms with van der Waals surface area (Å²) in [6.07, 6.45) is 0.260. The number of carbonyl (C=O) groups excluding carboxylic acids is 4. The highest BCUT2D eigenvalue weighted by molar-refractivity contribution is 5.98. The fraction of sp³-hybridized carbons (Fsp3) is 0.185. The number of nitrogens with one attached hydrogen (secondary N) is 1.